The first kappa shape index (κ1) is 24.8. The molecule has 0 bridgehead atoms. The number of phenolic OH excluding ortho intramolecular Hbond substituents is 1. The van der Waals surface area contributed by atoms with Crippen molar-refractivity contribution in [2.45, 2.75) is 25.9 Å². The lowest BCUT2D eigenvalue weighted by atomic mass is 9.96. The van der Waals surface area contributed by atoms with Crippen molar-refractivity contribution in [3.05, 3.63) is 107 Å². The average Bonchev–Trinajstić information content (AvgIpc) is 3.36. The zero-order valence-corrected chi connectivity index (χ0v) is 21.9. The molecule has 1 amide bonds. The molecule has 1 aliphatic rings. The number of anilines is 1. The van der Waals surface area contributed by atoms with Crippen LogP contribution in [0.25, 0.3) is 5.69 Å². The number of aromatic nitrogens is 2. The minimum atomic E-state index is -0.315. The quantitative estimate of drug-likeness (QED) is 0.287. The molecule has 1 fully saturated rings. The van der Waals surface area contributed by atoms with Crippen LogP contribution in [0.3, 0.4) is 0 Å². The molecule has 9 heteroatoms. The second-order valence-electron chi connectivity index (χ2n) is 8.96. The molecule has 188 valence electrons. The molecule has 5 rings (SSSR count). The molecule has 7 nitrogen and oxygen atoms in total. The molecule has 2 aromatic heterocycles. The van der Waals surface area contributed by atoms with Crippen LogP contribution in [0.4, 0.5) is 5.69 Å². The highest BCUT2D eigenvalue weighted by molar-refractivity contribution is 7.80. The van der Waals surface area contributed by atoms with Gasteiger partial charge in [0.25, 0.3) is 0 Å². The van der Waals surface area contributed by atoms with Crippen LogP contribution in [0.5, 0.6) is 5.75 Å². The van der Waals surface area contributed by atoms with Gasteiger partial charge in [-0.25, -0.2) is 0 Å². The number of halogens is 1. The van der Waals surface area contributed by atoms with Crippen molar-refractivity contribution < 1.29 is 9.90 Å². The summed E-state index contributed by atoms with van der Waals surface area (Å²) < 4.78 is 1.97. The third-order valence-corrected chi connectivity index (χ3v) is 7.12. The second-order valence-corrected chi connectivity index (χ2v) is 9.79. The number of carbonyl (C=O) groups excluding carboxylic acids is 1. The maximum absolute atomic E-state index is 13.1. The van der Waals surface area contributed by atoms with Crippen LogP contribution in [-0.2, 0) is 4.79 Å². The Bertz CT molecular complexity index is 1460. The van der Waals surface area contributed by atoms with E-state index in [1.165, 1.54) is 0 Å². The first-order chi connectivity index (χ1) is 17.8. The van der Waals surface area contributed by atoms with E-state index in [4.69, 9.17) is 23.8 Å². The van der Waals surface area contributed by atoms with Gasteiger partial charge in [0.15, 0.2) is 5.11 Å². The number of rotatable bonds is 6. The summed E-state index contributed by atoms with van der Waals surface area (Å²) in [6.07, 6.45) is 1.75. The van der Waals surface area contributed by atoms with Crippen LogP contribution in [0.1, 0.15) is 34.7 Å². The number of aryl methyl sites for hydroxylation is 1. The standard InChI is InChI=1S/C28H26ClN5O2S/c1-17-14-21(18(2)34(17)23-15-19(29)11-12-24(23)35)27-26(22-10-6-7-13-30-22)32-28(37)33(27)16-25(36)31-20-8-4-3-5-9-20/h3-15,26-27,35H,16H2,1-2H3,(H,31,36)(H,32,37)/t26-,27+/m1/s1. The Balaban J connectivity index is 1.56. The van der Waals surface area contributed by atoms with Crippen molar-refractivity contribution in [2.24, 2.45) is 0 Å². The highest BCUT2D eigenvalue weighted by atomic mass is 35.5. The Labute approximate surface area is 225 Å². The molecular formula is C28H26ClN5O2S. The molecular weight excluding hydrogens is 506 g/mol. The van der Waals surface area contributed by atoms with Gasteiger partial charge in [-0.2, -0.15) is 0 Å². The van der Waals surface area contributed by atoms with Gasteiger partial charge in [-0.15, -0.1) is 0 Å². The topological polar surface area (TPSA) is 82.4 Å². The molecule has 4 aromatic rings. The number of amides is 1. The van der Waals surface area contributed by atoms with E-state index in [0.29, 0.717) is 15.8 Å². The van der Waals surface area contributed by atoms with Crippen molar-refractivity contribution in [3.63, 3.8) is 0 Å². The fraction of sp³-hybridized carbons (Fsp3) is 0.179. The van der Waals surface area contributed by atoms with Crippen LogP contribution in [0.2, 0.25) is 5.02 Å². The molecule has 0 saturated carbocycles. The normalized spacial score (nSPS) is 17.1. The van der Waals surface area contributed by atoms with Crippen LogP contribution in [0.15, 0.2) is 79.0 Å². The monoisotopic (exact) mass is 531 g/mol. The lowest BCUT2D eigenvalue weighted by molar-refractivity contribution is -0.116. The summed E-state index contributed by atoms with van der Waals surface area (Å²) in [5.41, 5.74) is 4.91. The Morgan fingerprint density at radius 3 is 2.59 bits per heavy atom. The first-order valence-corrected chi connectivity index (χ1v) is 12.6. The van der Waals surface area contributed by atoms with Crippen LogP contribution in [-0.4, -0.2) is 37.1 Å². The minimum Gasteiger partial charge on any atom is -0.506 e. The average molecular weight is 532 g/mol. The maximum atomic E-state index is 13.1. The molecule has 37 heavy (non-hydrogen) atoms. The van der Waals surface area contributed by atoms with Gasteiger partial charge in [0.1, 0.15) is 12.3 Å². The van der Waals surface area contributed by atoms with Gasteiger partial charge in [0.2, 0.25) is 5.91 Å². The Kier molecular flexibility index (Phi) is 6.86. The number of thiocarbonyl (C=S) groups is 1. The molecule has 0 radical (unpaired) electrons. The van der Waals surface area contributed by atoms with E-state index in [-0.39, 0.29) is 30.3 Å². The Morgan fingerprint density at radius 2 is 1.86 bits per heavy atom. The molecule has 1 aliphatic heterocycles. The summed E-state index contributed by atoms with van der Waals surface area (Å²) in [4.78, 5) is 19.6. The van der Waals surface area contributed by atoms with E-state index in [9.17, 15) is 9.90 Å². The number of nitrogens with one attached hydrogen (secondary N) is 2. The molecule has 1 saturated heterocycles. The smallest absolute Gasteiger partial charge is 0.244 e. The van der Waals surface area contributed by atoms with Gasteiger partial charge in [-0.1, -0.05) is 35.9 Å². The van der Waals surface area contributed by atoms with E-state index in [0.717, 1.165) is 28.3 Å². The van der Waals surface area contributed by atoms with Crippen molar-refractivity contribution in [2.75, 3.05) is 11.9 Å². The minimum absolute atomic E-state index is 0.0564. The fourth-order valence-corrected chi connectivity index (χ4v) is 5.40. The van der Waals surface area contributed by atoms with Crippen LogP contribution < -0.4 is 10.6 Å². The maximum Gasteiger partial charge on any atom is 0.244 e. The summed E-state index contributed by atoms with van der Waals surface area (Å²) in [6.45, 7) is 4.02. The molecule has 0 spiro atoms. The number of phenols is 1. The molecule has 3 heterocycles. The number of hydrogen-bond acceptors (Lipinski definition) is 4. The molecule has 2 atom stereocenters. The predicted octanol–water partition coefficient (Wildman–Crippen LogP) is 5.46. The Morgan fingerprint density at radius 1 is 1.11 bits per heavy atom. The number of carbonyl (C=O) groups is 1. The van der Waals surface area contributed by atoms with E-state index in [1.54, 1.807) is 24.4 Å². The summed E-state index contributed by atoms with van der Waals surface area (Å²) >= 11 is 12.0. The fourth-order valence-electron chi connectivity index (χ4n) is 4.92. The number of aromatic hydroxyl groups is 1. The summed E-state index contributed by atoms with van der Waals surface area (Å²) in [5.74, 6) is -0.0542. The van der Waals surface area contributed by atoms with Crippen molar-refractivity contribution in [3.8, 4) is 11.4 Å². The largest absolute Gasteiger partial charge is 0.506 e. The van der Waals surface area contributed by atoms with E-state index in [1.807, 2.05) is 71.8 Å². The lowest BCUT2D eigenvalue weighted by Crippen LogP contribution is -2.37. The van der Waals surface area contributed by atoms with Gasteiger partial charge < -0.3 is 25.2 Å². The van der Waals surface area contributed by atoms with Crippen LogP contribution in [0, 0.1) is 13.8 Å². The summed E-state index contributed by atoms with van der Waals surface area (Å²) in [5, 5.41) is 17.9. The number of pyridine rings is 1. The van der Waals surface area contributed by atoms with Gasteiger partial charge in [-0.3, -0.25) is 9.78 Å². The third kappa shape index (κ3) is 4.90. The molecule has 0 aliphatic carbocycles. The molecule has 3 N–H and O–H groups in total. The zero-order chi connectivity index (χ0) is 26.1. The number of para-hydroxylation sites is 1. The van der Waals surface area contributed by atoms with Crippen molar-refractivity contribution in [1.82, 2.24) is 19.8 Å². The van der Waals surface area contributed by atoms with E-state index < -0.39 is 0 Å². The van der Waals surface area contributed by atoms with Gasteiger partial charge in [-0.05, 0) is 80.2 Å². The summed E-state index contributed by atoms with van der Waals surface area (Å²) in [7, 11) is 0. The number of hydrogen-bond donors (Lipinski definition) is 3. The van der Waals surface area contributed by atoms with Gasteiger partial charge in [0, 0.05) is 28.3 Å². The summed E-state index contributed by atoms with van der Waals surface area (Å²) in [6, 6.07) is 21.5. The Hall–Kier alpha value is -3.88. The molecule has 0 unspecified atom stereocenters. The van der Waals surface area contributed by atoms with Crippen molar-refractivity contribution in [1.29, 1.82) is 0 Å². The van der Waals surface area contributed by atoms with Crippen molar-refractivity contribution >= 4 is 40.5 Å². The lowest BCUT2D eigenvalue weighted by Gasteiger charge is -2.27. The predicted molar refractivity (Wildman–Crippen MR) is 149 cm³/mol. The number of nitrogens with zero attached hydrogens (tertiary/aromatic N) is 3. The van der Waals surface area contributed by atoms with E-state index in [2.05, 4.69) is 21.7 Å². The highest BCUT2D eigenvalue weighted by Gasteiger charge is 2.42. The van der Waals surface area contributed by atoms with Crippen LogP contribution >= 0.6 is 23.8 Å². The first-order valence-electron chi connectivity index (χ1n) is 11.8. The third-order valence-electron chi connectivity index (χ3n) is 6.54. The van der Waals surface area contributed by atoms with Gasteiger partial charge in [0.05, 0.1) is 23.5 Å². The van der Waals surface area contributed by atoms with E-state index >= 15 is 0 Å². The second kappa shape index (κ2) is 10.2. The zero-order valence-electron chi connectivity index (χ0n) is 20.4. The van der Waals surface area contributed by atoms with Gasteiger partial charge >= 0.3 is 0 Å². The number of benzene rings is 2. The SMILES string of the molecule is Cc1cc([C@H]2[C@@H](c3ccccn3)NC(=S)N2CC(=O)Nc2ccccc2)c(C)n1-c1cc(Cl)ccc1O. The molecule has 2 aromatic carbocycles. The highest BCUT2D eigenvalue weighted by Crippen LogP contribution is 2.42.